The lowest BCUT2D eigenvalue weighted by Crippen LogP contribution is -2.66. The number of likely N-dealkylation sites (N-methyl/N-ethyl adjacent to an activating group) is 1. The molecule has 110 valence electrons. The summed E-state index contributed by atoms with van der Waals surface area (Å²) in [5.74, 6) is 0. The smallest absolute Gasteiger partial charge is 0.0380 e. The quantitative estimate of drug-likeness (QED) is 0.877. The maximum absolute atomic E-state index is 3.74. The number of rotatable bonds is 5. The second kappa shape index (κ2) is 6.25. The highest BCUT2D eigenvalue weighted by Crippen LogP contribution is 2.21. The van der Waals surface area contributed by atoms with Crippen LogP contribution >= 0.6 is 0 Å². The molecule has 1 aromatic carbocycles. The molecule has 3 aliphatic heterocycles. The average molecular weight is 273 g/mol. The molecule has 4 rings (SSSR count). The van der Waals surface area contributed by atoms with Gasteiger partial charge >= 0.3 is 0 Å². The van der Waals surface area contributed by atoms with E-state index in [1.807, 2.05) is 0 Å². The Morgan fingerprint density at radius 3 is 2.55 bits per heavy atom. The number of aryl methyl sites for hydroxylation is 1. The van der Waals surface area contributed by atoms with E-state index in [9.17, 15) is 0 Å². The van der Waals surface area contributed by atoms with E-state index in [4.69, 9.17) is 0 Å². The van der Waals surface area contributed by atoms with Gasteiger partial charge in [-0.2, -0.15) is 0 Å². The Kier molecular flexibility index (Phi) is 4.39. The van der Waals surface area contributed by atoms with Gasteiger partial charge in [0.2, 0.25) is 0 Å². The molecule has 0 amide bonds. The van der Waals surface area contributed by atoms with Gasteiger partial charge in [0.15, 0.2) is 0 Å². The van der Waals surface area contributed by atoms with Gasteiger partial charge < -0.3 is 5.32 Å². The summed E-state index contributed by atoms with van der Waals surface area (Å²) < 4.78 is 0. The van der Waals surface area contributed by atoms with Crippen LogP contribution in [-0.4, -0.2) is 61.2 Å². The molecular formula is C17H27N3. The fraction of sp³-hybridized carbons (Fsp3) is 0.647. The van der Waals surface area contributed by atoms with E-state index in [2.05, 4.69) is 53.2 Å². The number of hydrogen-bond acceptors (Lipinski definition) is 3. The lowest BCUT2D eigenvalue weighted by molar-refractivity contribution is -0.00290. The number of piperazine rings is 3. The molecule has 3 nitrogen and oxygen atoms in total. The van der Waals surface area contributed by atoms with Crippen molar-refractivity contribution in [3.8, 4) is 0 Å². The van der Waals surface area contributed by atoms with E-state index >= 15 is 0 Å². The Labute approximate surface area is 123 Å². The maximum atomic E-state index is 3.74. The molecule has 3 aliphatic rings. The normalized spacial score (nSPS) is 30.4. The highest BCUT2D eigenvalue weighted by molar-refractivity contribution is 5.26. The fourth-order valence-electron chi connectivity index (χ4n) is 3.72. The van der Waals surface area contributed by atoms with Crippen LogP contribution in [0.15, 0.2) is 24.3 Å². The molecule has 0 aliphatic carbocycles. The van der Waals surface area contributed by atoms with Gasteiger partial charge in [0, 0.05) is 44.8 Å². The van der Waals surface area contributed by atoms with Crippen molar-refractivity contribution in [2.45, 2.75) is 32.4 Å². The third-order valence-electron chi connectivity index (χ3n) is 4.95. The number of nitrogens with zero attached hydrogens (tertiary/aromatic N) is 2. The summed E-state index contributed by atoms with van der Waals surface area (Å²) >= 11 is 0. The van der Waals surface area contributed by atoms with Crippen molar-refractivity contribution in [2.24, 2.45) is 0 Å². The van der Waals surface area contributed by atoms with Gasteiger partial charge in [-0.1, -0.05) is 31.2 Å². The van der Waals surface area contributed by atoms with Crippen LogP contribution in [0.2, 0.25) is 0 Å². The van der Waals surface area contributed by atoms with Crippen molar-refractivity contribution in [1.82, 2.24) is 15.1 Å². The summed E-state index contributed by atoms with van der Waals surface area (Å²) in [4.78, 5) is 5.33. The predicted molar refractivity (Wildman–Crippen MR) is 84.1 cm³/mol. The van der Waals surface area contributed by atoms with Crippen LogP contribution in [0.3, 0.4) is 0 Å². The first-order valence-corrected chi connectivity index (χ1v) is 8.02. The second-order valence-corrected chi connectivity index (χ2v) is 6.20. The minimum atomic E-state index is 0.573. The van der Waals surface area contributed by atoms with Crippen molar-refractivity contribution >= 4 is 0 Å². The molecule has 3 heterocycles. The standard InChI is InChI=1S/C17H27N3/c1-3-18-16(12-15-7-5-4-6-14(15)2)17-13-19-8-10-20(17)11-9-19/h4-7,16-18H,3,8-13H2,1-2H3. The van der Waals surface area contributed by atoms with Gasteiger partial charge in [-0.05, 0) is 31.0 Å². The van der Waals surface area contributed by atoms with Gasteiger partial charge in [0.1, 0.15) is 0 Å². The summed E-state index contributed by atoms with van der Waals surface area (Å²) in [6.07, 6.45) is 1.15. The van der Waals surface area contributed by atoms with Crippen LogP contribution in [0.1, 0.15) is 18.1 Å². The number of hydrogen-bond donors (Lipinski definition) is 1. The van der Waals surface area contributed by atoms with E-state index in [0.717, 1.165) is 13.0 Å². The molecule has 3 heteroatoms. The molecule has 3 fully saturated rings. The summed E-state index contributed by atoms with van der Waals surface area (Å²) in [5, 5.41) is 3.74. The summed E-state index contributed by atoms with van der Waals surface area (Å²) in [6.45, 7) is 11.8. The highest BCUT2D eigenvalue weighted by Gasteiger charge is 2.36. The molecule has 2 bridgehead atoms. The van der Waals surface area contributed by atoms with Gasteiger partial charge in [-0.3, -0.25) is 9.80 Å². The molecule has 0 saturated carbocycles. The van der Waals surface area contributed by atoms with E-state index < -0.39 is 0 Å². The first-order chi connectivity index (χ1) is 9.78. The third kappa shape index (κ3) is 2.90. The highest BCUT2D eigenvalue weighted by atomic mass is 15.4. The van der Waals surface area contributed by atoms with Crippen molar-refractivity contribution in [3.63, 3.8) is 0 Å². The van der Waals surface area contributed by atoms with Crippen molar-refractivity contribution in [1.29, 1.82) is 0 Å². The van der Waals surface area contributed by atoms with Crippen molar-refractivity contribution in [2.75, 3.05) is 39.3 Å². The molecule has 20 heavy (non-hydrogen) atoms. The molecule has 2 unspecified atom stereocenters. The van der Waals surface area contributed by atoms with Crippen molar-refractivity contribution < 1.29 is 0 Å². The Hall–Kier alpha value is -0.900. The molecule has 1 aromatic rings. The van der Waals surface area contributed by atoms with Crippen LogP contribution in [0.5, 0.6) is 0 Å². The molecule has 1 N–H and O–H groups in total. The zero-order valence-corrected chi connectivity index (χ0v) is 12.8. The Bertz CT molecular complexity index is 438. The largest absolute Gasteiger partial charge is 0.312 e. The zero-order chi connectivity index (χ0) is 13.9. The van der Waals surface area contributed by atoms with Crippen molar-refractivity contribution in [3.05, 3.63) is 35.4 Å². The second-order valence-electron chi connectivity index (χ2n) is 6.20. The number of nitrogens with one attached hydrogen (secondary N) is 1. The molecule has 2 atom stereocenters. The van der Waals surface area contributed by atoms with Crippen LogP contribution < -0.4 is 5.32 Å². The van der Waals surface area contributed by atoms with Crippen LogP contribution in [0.25, 0.3) is 0 Å². The Morgan fingerprint density at radius 1 is 1.20 bits per heavy atom. The first-order valence-electron chi connectivity index (χ1n) is 8.02. The topological polar surface area (TPSA) is 18.5 Å². The molecule has 3 saturated heterocycles. The fourth-order valence-corrected chi connectivity index (χ4v) is 3.72. The minimum Gasteiger partial charge on any atom is -0.312 e. The van der Waals surface area contributed by atoms with Crippen LogP contribution in [0.4, 0.5) is 0 Å². The summed E-state index contributed by atoms with van der Waals surface area (Å²) in [7, 11) is 0. The van der Waals surface area contributed by atoms with Gasteiger partial charge in [0.05, 0.1) is 0 Å². The van der Waals surface area contributed by atoms with E-state index in [1.165, 1.54) is 43.9 Å². The summed E-state index contributed by atoms with van der Waals surface area (Å²) in [5.41, 5.74) is 2.92. The lowest BCUT2D eigenvalue weighted by Gasteiger charge is -2.50. The average Bonchev–Trinajstić information content (AvgIpc) is 2.50. The first kappa shape index (κ1) is 14.1. The third-order valence-corrected chi connectivity index (χ3v) is 4.95. The Balaban J connectivity index is 1.74. The van der Waals surface area contributed by atoms with Crippen LogP contribution in [0, 0.1) is 6.92 Å². The maximum Gasteiger partial charge on any atom is 0.0380 e. The molecule has 0 aromatic heterocycles. The molecular weight excluding hydrogens is 246 g/mol. The monoisotopic (exact) mass is 273 g/mol. The Morgan fingerprint density at radius 2 is 1.95 bits per heavy atom. The number of benzene rings is 1. The minimum absolute atomic E-state index is 0.573. The van der Waals surface area contributed by atoms with Gasteiger partial charge in [0.25, 0.3) is 0 Å². The zero-order valence-electron chi connectivity index (χ0n) is 12.8. The lowest BCUT2D eigenvalue weighted by atomic mass is 9.92. The predicted octanol–water partition coefficient (Wildman–Crippen LogP) is 1.52. The van der Waals surface area contributed by atoms with Gasteiger partial charge in [-0.25, -0.2) is 0 Å². The summed E-state index contributed by atoms with van der Waals surface area (Å²) in [6, 6.07) is 10.1. The molecule has 0 spiro atoms. The van der Waals surface area contributed by atoms with E-state index in [1.54, 1.807) is 0 Å². The molecule has 0 radical (unpaired) electrons. The van der Waals surface area contributed by atoms with Gasteiger partial charge in [-0.15, -0.1) is 0 Å². The van der Waals surface area contributed by atoms with E-state index in [-0.39, 0.29) is 0 Å². The van der Waals surface area contributed by atoms with E-state index in [0.29, 0.717) is 12.1 Å². The van der Waals surface area contributed by atoms with Crippen LogP contribution in [-0.2, 0) is 6.42 Å². The SMILES string of the molecule is CCNC(Cc1ccccc1C)C1CN2CCN1CC2. The number of fused-ring (bicyclic) bond motifs is 3.